The lowest BCUT2D eigenvalue weighted by atomic mass is 10.1. The Bertz CT molecular complexity index is 1150. The van der Waals surface area contributed by atoms with Crippen LogP contribution in [0.2, 0.25) is 5.02 Å². The van der Waals surface area contributed by atoms with Gasteiger partial charge in [0.1, 0.15) is 40.1 Å². The number of methoxy groups -OCH3 is 1. The van der Waals surface area contributed by atoms with Crippen LogP contribution in [-0.2, 0) is 4.74 Å². The summed E-state index contributed by atoms with van der Waals surface area (Å²) in [6.45, 7) is 5.71. The quantitative estimate of drug-likeness (QED) is 0.582. The molecule has 1 atom stereocenters. The summed E-state index contributed by atoms with van der Waals surface area (Å²) in [5.41, 5.74) is -1.49. The second kappa shape index (κ2) is 8.90. The molecule has 182 valence electrons. The number of ether oxygens (including phenoxy) is 3. The van der Waals surface area contributed by atoms with E-state index < -0.39 is 41.0 Å². The van der Waals surface area contributed by atoms with E-state index in [4.69, 9.17) is 25.8 Å². The van der Waals surface area contributed by atoms with E-state index >= 15 is 4.39 Å². The van der Waals surface area contributed by atoms with Crippen molar-refractivity contribution in [2.75, 3.05) is 33.4 Å². The van der Waals surface area contributed by atoms with Gasteiger partial charge in [0.25, 0.3) is 5.91 Å². The number of rotatable bonds is 2. The van der Waals surface area contributed by atoms with Crippen LogP contribution >= 0.6 is 11.6 Å². The van der Waals surface area contributed by atoms with Gasteiger partial charge in [-0.3, -0.25) is 4.79 Å². The molecule has 4 rings (SSSR count). The molecule has 0 N–H and O–H groups in total. The van der Waals surface area contributed by atoms with Crippen molar-refractivity contribution in [2.24, 2.45) is 0 Å². The summed E-state index contributed by atoms with van der Waals surface area (Å²) < 4.78 is 46.2. The monoisotopic (exact) mass is 495 g/mol. The molecule has 0 unspecified atom stereocenters. The van der Waals surface area contributed by atoms with Gasteiger partial charge >= 0.3 is 6.09 Å². The second-order valence-corrected chi connectivity index (χ2v) is 9.35. The van der Waals surface area contributed by atoms with Gasteiger partial charge in [-0.25, -0.2) is 14.2 Å². The molecule has 0 radical (unpaired) electrons. The molecule has 2 aliphatic rings. The van der Waals surface area contributed by atoms with Crippen molar-refractivity contribution in [1.29, 1.82) is 0 Å². The van der Waals surface area contributed by atoms with Crippen LogP contribution in [0.15, 0.2) is 18.2 Å². The number of halogens is 3. The Hall–Kier alpha value is -3.14. The fourth-order valence-corrected chi connectivity index (χ4v) is 4.27. The van der Waals surface area contributed by atoms with Crippen LogP contribution in [0.5, 0.6) is 11.5 Å². The van der Waals surface area contributed by atoms with E-state index in [1.807, 2.05) is 0 Å². The Balaban J connectivity index is 1.69. The highest BCUT2D eigenvalue weighted by Crippen LogP contribution is 2.43. The highest BCUT2D eigenvalue weighted by Gasteiger charge is 2.41. The number of fused-ring (bicyclic) bond motifs is 2. The number of aromatic nitrogens is 1. The van der Waals surface area contributed by atoms with Crippen molar-refractivity contribution in [1.82, 2.24) is 14.8 Å². The lowest BCUT2D eigenvalue weighted by Crippen LogP contribution is -2.58. The Kier molecular flexibility index (Phi) is 6.28. The van der Waals surface area contributed by atoms with E-state index in [0.29, 0.717) is 0 Å². The molecule has 2 aliphatic heterocycles. The van der Waals surface area contributed by atoms with Gasteiger partial charge in [0.2, 0.25) is 5.95 Å². The average molecular weight is 496 g/mol. The smallest absolute Gasteiger partial charge is 0.410 e. The van der Waals surface area contributed by atoms with Crippen molar-refractivity contribution < 1.29 is 32.6 Å². The van der Waals surface area contributed by atoms with Gasteiger partial charge in [0, 0.05) is 19.6 Å². The minimum absolute atomic E-state index is 0.0605. The summed E-state index contributed by atoms with van der Waals surface area (Å²) in [6.07, 6.45) is -0.513. The molecule has 34 heavy (non-hydrogen) atoms. The first-order valence-electron chi connectivity index (χ1n) is 10.7. The highest BCUT2D eigenvalue weighted by molar-refractivity contribution is 6.35. The number of hydrogen-bond donors (Lipinski definition) is 0. The summed E-state index contributed by atoms with van der Waals surface area (Å²) in [5.74, 6) is -2.66. The zero-order valence-corrected chi connectivity index (χ0v) is 19.9. The number of hydrogen-bond acceptors (Lipinski definition) is 6. The van der Waals surface area contributed by atoms with Crippen molar-refractivity contribution in [3.63, 3.8) is 0 Å². The van der Waals surface area contributed by atoms with Gasteiger partial charge in [-0.2, -0.15) is 4.39 Å². The molecule has 2 aromatic rings. The van der Waals surface area contributed by atoms with Gasteiger partial charge in [0.15, 0.2) is 5.75 Å². The molecule has 1 aromatic heterocycles. The predicted molar refractivity (Wildman–Crippen MR) is 119 cm³/mol. The van der Waals surface area contributed by atoms with E-state index in [9.17, 15) is 14.0 Å². The minimum atomic E-state index is -1.14. The standard InChI is InChI=1S/C23H24ClF2N3O5/c1-23(2,3)34-22(31)28-8-9-29-12(10-28)11-33-19-16(21(29)30)20(26)27-18(17(19)24)15-13(25)6-5-7-14(15)32-4/h5-7,12H,8-11H2,1-4H3/t12-/m1/s1. The van der Waals surface area contributed by atoms with E-state index in [-0.39, 0.29) is 54.0 Å². The van der Waals surface area contributed by atoms with Gasteiger partial charge in [-0.05, 0) is 32.9 Å². The van der Waals surface area contributed by atoms with E-state index in [1.54, 1.807) is 20.8 Å². The van der Waals surface area contributed by atoms with Gasteiger partial charge in [0.05, 0.1) is 18.7 Å². The van der Waals surface area contributed by atoms with Crippen LogP contribution in [0.3, 0.4) is 0 Å². The number of carbonyl (C=O) groups excluding carboxylic acids is 2. The molecule has 0 aliphatic carbocycles. The first kappa shape index (κ1) is 24.0. The zero-order valence-electron chi connectivity index (χ0n) is 19.2. The number of pyridine rings is 1. The van der Waals surface area contributed by atoms with Gasteiger partial charge in [-0.1, -0.05) is 17.7 Å². The molecule has 1 saturated heterocycles. The highest BCUT2D eigenvalue weighted by atomic mass is 35.5. The maximum atomic E-state index is 15.2. The average Bonchev–Trinajstić information content (AvgIpc) is 2.92. The molecule has 0 bridgehead atoms. The number of piperazine rings is 1. The molecule has 11 heteroatoms. The van der Waals surface area contributed by atoms with Crippen LogP contribution in [0.25, 0.3) is 11.3 Å². The van der Waals surface area contributed by atoms with E-state index in [2.05, 4.69) is 4.98 Å². The summed E-state index contributed by atoms with van der Waals surface area (Å²) in [5, 5.41) is -0.211. The molecule has 0 spiro atoms. The Morgan fingerprint density at radius 1 is 1.24 bits per heavy atom. The zero-order chi connectivity index (χ0) is 24.8. The summed E-state index contributed by atoms with van der Waals surface area (Å²) >= 11 is 6.49. The fourth-order valence-electron chi connectivity index (χ4n) is 3.99. The lowest BCUT2D eigenvalue weighted by Gasteiger charge is -2.40. The number of nitrogens with zero attached hydrogens (tertiary/aromatic N) is 3. The molecule has 1 fully saturated rings. The molecular formula is C23H24ClF2N3O5. The molecule has 8 nitrogen and oxygen atoms in total. The van der Waals surface area contributed by atoms with Crippen LogP contribution < -0.4 is 9.47 Å². The first-order valence-corrected chi connectivity index (χ1v) is 11.0. The van der Waals surface area contributed by atoms with Crippen molar-refractivity contribution in [3.05, 3.63) is 40.6 Å². The van der Waals surface area contributed by atoms with Crippen molar-refractivity contribution >= 4 is 23.6 Å². The minimum Gasteiger partial charge on any atom is -0.496 e. The molecule has 3 heterocycles. The maximum Gasteiger partial charge on any atom is 0.410 e. The summed E-state index contributed by atoms with van der Waals surface area (Å²) in [7, 11) is 1.33. The molecule has 2 amide bonds. The van der Waals surface area contributed by atoms with Crippen LogP contribution in [0, 0.1) is 11.8 Å². The third-order valence-electron chi connectivity index (χ3n) is 5.51. The van der Waals surface area contributed by atoms with Crippen LogP contribution in [-0.4, -0.2) is 71.8 Å². The fraction of sp³-hybridized carbons (Fsp3) is 0.435. The first-order chi connectivity index (χ1) is 16.0. The maximum absolute atomic E-state index is 15.2. The van der Waals surface area contributed by atoms with Crippen molar-refractivity contribution in [3.8, 4) is 22.8 Å². The number of carbonyl (C=O) groups is 2. The number of amides is 2. The Labute approximate surface area is 200 Å². The third-order valence-corrected chi connectivity index (χ3v) is 5.86. The van der Waals surface area contributed by atoms with Crippen molar-refractivity contribution in [2.45, 2.75) is 32.4 Å². The topological polar surface area (TPSA) is 81.2 Å². The predicted octanol–water partition coefficient (Wildman–Crippen LogP) is 4.14. The van der Waals surface area contributed by atoms with Gasteiger partial charge in [-0.15, -0.1) is 0 Å². The normalized spacial score (nSPS) is 18.0. The summed E-state index contributed by atoms with van der Waals surface area (Å²) in [6, 6.07) is 3.51. The third kappa shape index (κ3) is 4.34. The van der Waals surface area contributed by atoms with E-state index in [0.717, 1.165) is 6.07 Å². The second-order valence-electron chi connectivity index (χ2n) is 8.98. The SMILES string of the molecule is COc1cccc(F)c1-c1nc(F)c2c(c1Cl)OC[C@H]1CN(C(=O)OC(C)(C)C)CCN1C2=O. The van der Waals surface area contributed by atoms with E-state index in [1.165, 1.54) is 29.0 Å². The van der Waals surface area contributed by atoms with Crippen LogP contribution in [0.1, 0.15) is 31.1 Å². The Morgan fingerprint density at radius 3 is 2.65 bits per heavy atom. The largest absolute Gasteiger partial charge is 0.496 e. The van der Waals surface area contributed by atoms with Crippen LogP contribution in [0.4, 0.5) is 13.6 Å². The summed E-state index contributed by atoms with van der Waals surface area (Å²) in [4.78, 5) is 32.5. The Morgan fingerprint density at radius 2 is 1.97 bits per heavy atom. The molecular weight excluding hydrogens is 472 g/mol. The van der Waals surface area contributed by atoms with Gasteiger partial charge < -0.3 is 24.0 Å². The molecule has 1 aromatic carbocycles. The molecule has 0 saturated carbocycles. The number of benzene rings is 1. The lowest BCUT2D eigenvalue weighted by molar-refractivity contribution is 0.000892.